The first-order chi connectivity index (χ1) is 7.88. The smallest absolute Gasteiger partial charge is 0.338 e. The van der Waals surface area contributed by atoms with E-state index in [2.05, 4.69) is 4.74 Å². The monoisotopic (exact) mass is 238 g/mol. The number of carboxylic acid groups (broad SMARTS) is 1. The van der Waals surface area contributed by atoms with Crippen molar-refractivity contribution in [2.45, 2.75) is 18.9 Å². The second kappa shape index (κ2) is 4.97. The van der Waals surface area contributed by atoms with Crippen molar-refractivity contribution in [1.82, 2.24) is 0 Å². The zero-order valence-corrected chi connectivity index (χ0v) is 9.64. The first-order valence-electron chi connectivity index (χ1n) is 5.00. The van der Waals surface area contributed by atoms with E-state index in [-0.39, 0.29) is 12.0 Å². The summed E-state index contributed by atoms with van der Waals surface area (Å²) in [7, 11) is 1.24. The van der Waals surface area contributed by atoms with Gasteiger partial charge in [0.15, 0.2) is 5.60 Å². The molecule has 0 amide bonds. The molecule has 1 atom stereocenters. The molecule has 1 rings (SSSR count). The minimum atomic E-state index is -1.91. The first kappa shape index (κ1) is 13.2. The van der Waals surface area contributed by atoms with Gasteiger partial charge in [-0.3, -0.25) is 0 Å². The number of ether oxygens (including phenoxy) is 1. The van der Waals surface area contributed by atoms with Gasteiger partial charge in [-0.05, 0) is 18.6 Å². The summed E-state index contributed by atoms with van der Waals surface area (Å²) in [5.41, 5.74) is -1.22. The van der Waals surface area contributed by atoms with E-state index in [1.165, 1.54) is 20.1 Å². The molecule has 0 aromatic heterocycles. The fourth-order valence-corrected chi connectivity index (χ4v) is 1.43. The lowest BCUT2D eigenvalue weighted by molar-refractivity contribution is -0.156. The molecule has 0 fully saturated rings. The summed E-state index contributed by atoms with van der Waals surface area (Å²) in [6.45, 7) is 1.18. The van der Waals surface area contributed by atoms with Crippen LogP contribution in [-0.2, 0) is 16.0 Å². The first-order valence-corrected chi connectivity index (χ1v) is 5.00. The maximum Gasteiger partial charge on any atom is 0.338 e. The fraction of sp³-hybridized carbons (Fsp3) is 0.333. The Morgan fingerprint density at radius 3 is 2.47 bits per heavy atom. The van der Waals surface area contributed by atoms with E-state index in [1.807, 2.05) is 0 Å². The van der Waals surface area contributed by atoms with E-state index in [0.29, 0.717) is 5.56 Å². The number of carbonyl (C=O) groups excluding carboxylic acids is 1. The number of aliphatic carboxylic acids is 1. The standard InChI is InChI=1S/C12H14O5/c1-12(16,11(14)15)7-8-5-3-4-6-9(8)10(13)17-2/h3-6,16H,7H2,1-2H3,(H,14,15). The molecule has 5 nitrogen and oxygen atoms in total. The molecule has 0 saturated carbocycles. The highest BCUT2D eigenvalue weighted by molar-refractivity contribution is 5.91. The van der Waals surface area contributed by atoms with Gasteiger partial charge in [0.05, 0.1) is 12.7 Å². The molecular weight excluding hydrogens is 224 g/mol. The molecule has 0 aliphatic heterocycles. The maximum absolute atomic E-state index is 11.4. The van der Waals surface area contributed by atoms with Crippen molar-refractivity contribution in [3.05, 3.63) is 35.4 Å². The van der Waals surface area contributed by atoms with Gasteiger partial charge in [0.2, 0.25) is 0 Å². The van der Waals surface area contributed by atoms with Crippen molar-refractivity contribution in [1.29, 1.82) is 0 Å². The predicted octanol–water partition coefficient (Wildman–Crippen LogP) is 0.851. The van der Waals surface area contributed by atoms with E-state index in [9.17, 15) is 14.7 Å². The molecule has 0 saturated heterocycles. The topological polar surface area (TPSA) is 83.8 Å². The van der Waals surface area contributed by atoms with Gasteiger partial charge in [0.25, 0.3) is 0 Å². The number of esters is 1. The van der Waals surface area contributed by atoms with Gasteiger partial charge in [-0.25, -0.2) is 9.59 Å². The van der Waals surface area contributed by atoms with Crippen LogP contribution in [0.1, 0.15) is 22.8 Å². The summed E-state index contributed by atoms with van der Waals surface area (Å²) in [5.74, 6) is -1.89. The molecule has 0 heterocycles. The SMILES string of the molecule is COC(=O)c1ccccc1CC(C)(O)C(=O)O. The van der Waals surface area contributed by atoms with Gasteiger partial charge in [-0.1, -0.05) is 18.2 Å². The van der Waals surface area contributed by atoms with E-state index in [1.54, 1.807) is 18.2 Å². The predicted molar refractivity (Wildman–Crippen MR) is 59.7 cm³/mol. The number of benzene rings is 1. The zero-order valence-electron chi connectivity index (χ0n) is 9.64. The molecular formula is C12H14O5. The summed E-state index contributed by atoms with van der Waals surface area (Å²) in [6.07, 6.45) is -0.159. The Kier molecular flexibility index (Phi) is 3.85. The third-order valence-corrected chi connectivity index (χ3v) is 2.42. The Labute approximate surface area is 98.6 Å². The normalized spacial score (nSPS) is 13.8. The molecule has 0 aliphatic rings. The Balaban J connectivity index is 3.07. The van der Waals surface area contributed by atoms with Crippen molar-refractivity contribution in [2.24, 2.45) is 0 Å². The second-order valence-electron chi connectivity index (χ2n) is 3.90. The molecule has 0 spiro atoms. The lowest BCUT2D eigenvalue weighted by Gasteiger charge is -2.19. The van der Waals surface area contributed by atoms with Crippen LogP contribution in [0, 0.1) is 0 Å². The molecule has 1 unspecified atom stereocenters. The van der Waals surface area contributed by atoms with Crippen molar-refractivity contribution >= 4 is 11.9 Å². The van der Waals surface area contributed by atoms with Gasteiger partial charge in [0, 0.05) is 6.42 Å². The molecule has 5 heteroatoms. The molecule has 2 N–H and O–H groups in total. The van der Waals surface area contributed by atoms with Gasteiger partial charge in [0.1, 0.15) is 0 Å². The minimum Gasteiger partial charge on any atom is -0.479 e. The highest BCUT2D eigenvalue weighted by atomic mass is 16.5. The van der Waals surface area contributed by atoms with E-state index in [4.69, 9.17) is 5.11 Å². The number of carboxylic acids is 1. The van der Waals surface area contributed by atoms with Crippen LogP contribution in [0.5, 0.6) is 0 Å². The van der Waals surface area contributed by atoms with E-state index in [0.717, 1.165) is 0 Å². The average molecular weight is 238 g/mol. The van der Waals surface area contributed by atoms with Crippen molar-refractivity contribution in [3.8, 4) is 0 Å². The highest BCUT2D eigenvalue weighted by Gasteiger charge is 2.31. The Hall–Kier alpha value is -1.88. The number of aliphatic hydroxyl groups is 1. The van der Waals surface area contributed by atoms with Crippen LogP contribution in [-0.4, -0.2) is 34.9 Å². The lowest BCUT2D eigenvalue weighted by Crippen LogP contribution is -2.37. The Morgan fingerprint density at radius 2 is 1.94 bits per heavy atom. The summed E-state index contributed by atoms with van der Waals surface area (Å²) in [6, 6.07) is 6.42. The summed E-state index contributed by atoms with van der Waals surface area (Å²) < 4.78 is 4.58. The Morgan fingerprint density at radius 1 is 1.35 bits per heavy atom. The van der Waals surface area contributed by atoms with Crippen LogP contribution in [0.15, 0.2) is 24.3 Å². The van der Waals surface area contributed by atoms with Crippen molar-refractivity contribution in [2.75, 3.05) is 7.11 Å². The van der Waals surface area contributed by atoms with Crippen LogP contribution >= 0.6 is 0 Å². The third kappa shape index (κ3) is 3.04. The second-order valence-corrected chi connectivity index (χ2v) is 3.90. The van der Waals surface area contributed by atoms with Crippen LogP contribution in [0.25, 0.3) is 0 Å². The molecule has 1 aromatic carbocycles. The number of hydrogen-bond donors (Lipinski definition) is 2. The van der Waals surface area contributed by atoms with E-state index >= 15 is 0 Å². The number of hydrogen-bond acceptors (Lipinski definition) is 4. The van der Waals surface area contributed by atoms with Crippen LogP contribution in [0.3, 0.4) is 0 Å². The van der Waals surface area contributed by atoms with Crippen molar-refractivity contribution < 1.29 is 24.5 Å². The minimum absolute atomic E-state index is 0.159. The average Bonchev–Trinajstić information content (AvgIpc) is 2.28. The zero-order chi connectivity index (χ0) is 13.1. The van der Waals surface area contributed by atoms with Gasteiger partial charge in [-0.2, -0.15) is 0 Å². The fourth-order valence-electron chi connectivity index (χ4n) is 1.43. The van der Waals surface area contributed by atoms with E-state index < -0.39 is 17.5 Å². The quantitative estimate of drug-likeness (QED) is 0.760. The van der Waals surface area contributed by atoms with Crippen LogP contribution < -0.4 is 0 Å². The van der Waals surface area contributed by atoms with Gasteiger partial charge in [-0.15, -0.1) is 0 Å². The summed E-state index contributed by atoms with van der Waals surface area (Å²) in [5, 5.41) is 18.5. The molecule has 92 valence electrons. The van der Waals surface area contributed by atoms with Gasteiger partial charge >= 0.3 is 11.9 Å². The van der Waals surface area contributed by atoms with Crippen LogP contribution in [0.4, 0.5) is 0 Å². The van der Waals surface area contributed by atoms with Crippen LogP contribution in [0.2, 0.25) is 0 Å². The molecule has 0 bridgehead atoms. The molecule has 0 aliphatic carbocycles. The third-order valence-electron chi connectivity index (χ3n) is 2.42. The molecule has 0 radical (unpaired) electrons. The van der Waals surface area contributed by atoms with Gasteiger partial charge < -0.3 is 14.9 Å². The maximum atomic E-state index is 11.4. The number of rotatable bonds is 4. The largest absolute Gasteiger partial charge is 0.479 e. The molecule has 1 aromatic rings. The lowest BCUT2D eigenvalue weighted by atomic mass is 9.93. The van der Waals surface area contributed by atoms with Crippen molar-refractivity contribution in [3.63, 3.8) is 0 Å². The molecule has 17 heavy (non-hydrogen) atoms. The highest BCUT2D eigenvalue weighted by Crippen LogP contribution is 2.18. The summed E-state index contributed by atoms with van der Waals surface area (Å²) in [4.78, 5) is 22.2. The number of carbonyl (C=O) groups is 2. The summed E-state index contributed by atoms with van der Waals surface area (Å²) >= 11 is 0. The number of methoxy groups -OCH3 is 1. The Bertz CT molecular complexity index is 436.